The third kappa shape index (κ3) is 4.89. The summed E-state index contributed by atoms with van der Waals surface area (Å²) >= 11 is 6.25. The number of amides is 3. The number of benzene rings is 3. The van der Waals surface area contributed by atoms with E-state index in [9.17, 15) is 14.4 Å². The molecule has 0 aliphatic carbocycles. The van der Waals surface area contributed by atoms with Crippen molar-refractivity contribution >= 4 is 46.4 Å². The number of ether oxygens (including phenoxy) is 2. The van der Waals surface area contributed by atoms with Gasteiger partial charge in [-0.1, -0.05) is 17.7 Å². The molecule has 0 radical (unpaired) electrons. The standard InChI is InChI=1S/C27H24ClN3O5/c1-15-11-16(2)13-19(12-15)30-25(32)17-5-7-18(8-6-17)29-24-23(28)26(33)31(27(24)34)21-10-9-20(35-3)14-22(21)36-4/h5-14,29H,1-4H3,(H,30,32). The van der Waals surface area contributed by atoms with Crippen molar-refractivity contribution in [2.75, 3.05) is 29.8 Å². The van der Waals surface area contributed by atoms with Gasteiger partial charge in [0.2, 0.25) is 0 Å². The lowest BCUT2D eigenvalue weighted by Crippen LogP contribution is -2.32. The summed E-state index contributed by atoms with van der Waals surface area (Å²) < 4.78 is 10.5. The molecule has 3 aromatic carbocycles. The van der Waals surface area contributed by atoms with Crippen LogP contribution in [0.15, 0.2) is 71.4 Å². The van der Waals surface area contributed by atoms with Crippen molar-refractivity contribution in [2.24, 2.45) is 0 Å². The summed E-state index contributed by atoms with van der Waals surface area (Å²) in [6.07, 6.45) is 0. The second kappa shape index (κ2) is 10.1. The first-order valence-electron chi connectivity index (χ1n) is 11.0. The average molecular weight is 506 g/mol. The number of hydrogen-bond acceptors (Lipinski definition) is 6. The molecule has 0 spiro atoms. The molecule has 3 aromatic rings. The number of halogens is 1. The third-order valence-electron chi connectivity index (χ3n) is 5.55. The van der Waals surface area contributed by atoms with Crippen molar-refractivity contribution in [1.29, 1.82) is 0 Å². The zero-order valence-electron chi connectivity index (χ0n) is 20.1. The molecule has 4 rings (SSSR count). The predicted octanol–water partition coefficient (Wildman–Crippen LogP) is 5.01. The number of rotatable bonds is 7. The summed E-state index contributed by atoms with van der Waals surface area (Å²) in [4.78, 5) is 39.6. The van der Waals surface area contributed by atoms with E-state index in [-0.39, 0.29) is 28.1 Å². The summed E-state index contributed by atoms with van der Waals surface area (Å²) in [5.74, 6) is -0.800. The molecule has 3 amide bonds. The van der Waals surface area contributed by atoms with Crippen LogP contribution in [0.4, 0.5) is 17.1 Å². The number of anilines is 3. The Morgan fingerprint density at radius 1 is 0.833 bits per heavy atom. The Morgan fingerprint density at radius 2 is 1.50 bits per heavy atom. The van der Waals surface area contributed by atoms with E-state index in [1.54, 1.807) is 42.5 Å². The molecule has 0 fully saturated rings. The Bertz CT molecular complexity index is 1380. The number of carbonyl (C=O) groups excluding carboxylic acids is 3. The molecule has 0 aromatic heterocycles. The maximum Gasteiger partial charge on any atom is 0.283 e. The fourth-order valence-electron chi connectivity index (χ4n) is 3.90. The second-order valence-electron chi connectivity index (χ2n) is 8.21. The van der Waals surface area contributed by atoms with E-state index in [4.69, 9.17) is 21.1 Å². The number of methoxy groups -OCH3 is 2. The van der Waals surface area contributed by atoms with Crippen LogP contribution in [0.3, 0.4) is 0 Å². The van der Waals surface area contributed by atoms with Crippen LogP contribution >= 0.6 is 11.6 Å². The highest BCUT2D eigenvalue weighted by Gasteiger charge is 2.40. The van der Waals surface area contributed by atoms with Gasteiger partial charge in [0.1, 0.15) is 22.2 Å². The highest BCUT2D eigenvalue weighted by Crippen LogP contribution is 2.37. The van der Waals surface area contributed by atoms with Crippen LogP contribution in [0.1, 0.15) is 21.5 Å². The number of nitrogens with zero attached hydrogens (tertiary/aromatic N) is 1. The summed E-state index contributed by atoms with van der Waals surface area (Å²) in [5.41, 5.74) is 3.88. The largest absolute Gasteiger partial charge is 0.497 e. The Balaban J connectivity index is 1.51. The van der Waals surface area contributed by atoms with E-state index < -0.39 is 11.8 Å². The van der Waals surface area contributed by atoms with Crippen LogP contribution in [-0.2, 0) is 9.59 Å². The number of imide groups is 1. The zero-order valence-corrected chi connectivity index (χ0v) is 20.9. The molecule has 36 heavy (non-hydrogen) atoms. The van der Waals surface area contributed by atoms with Crippen molar-refractivity contribution in [3.05, 3.63) is 88.1 Å². The van der Waals surface area contributed by atoms with Gasteiger partial charge < -0.3 is 20.1 Å². The van der Waals surface area contributed by atoms with Gasteiger partial charge in [0, 0.05) is 23.0 Å². The lowest BCUT2D eigenvalue weighted by atomic mass is 10.1. The van der Waals surface area contributed by atoms with Crippen LogP contribution in [-0.4, -0.2) is 31.9 Å². The van der Waals surface area contributed by atoms with Gasteiger partial charge in [-0.05, 0) is 73.5 Å². The molecule has 2 N–H and O–H groups in total. The van der Waals surface area contributed by atoms with E-state index in [0.717, 1.165) is 16.0 Å². The first-order chi connectivity index (χ1) is 17.2. The van der Waals surface area contributed by atoms with Crippen molar-refractivity contribution in [2.45, 2.75) is 13.8 Å². The molecule has 0 saturated carbocycles. The van der Waals surface area contributed by atoms with Gasteiger partial charge in [0.15, 0.2) is 0 Å². The quantitative estimate of drug-likeness (QED) is 0.438. The predicted molar refractivity (Wildman–Crippen MR) is 139 cm³/mol. The van der Waals surface area contributed by atoms with Gasteiger partial charge in [-0.15, -0.1) is 0 Å². The fourth-order valence-corrected chi connectivity index (χ4v) is 4.11. The molecule has 0 unspecified atom stereocenters. The molecule has 9 heteroatoms. The van der Waals surface area contributed by atoms with Gasteiger partial charge >= 0.3 is 0 Å². The number of hydrogen-bond donors (Lipinski definition) is 2. The molecule has 0 saturated heterocycles. The summed E-state index contributed by atoms with van der Waals surface area (Å²) in [6.45, 7) is 3.92. The Morgan fingerprint density at radius 3 is 2.11 bits per heavy atom. The Labute approximate surface area is 213 Å². The minimum Gasteiger partial charge on any atom is -0.497 e. The van der Waals surface area contributed by atoms with E-state index >= 15 is 0 Å². The van der Waals surface area contributed by atoms with Crippen molar-refractivity contribution in [3.8, 4) is 11.5 Å². The van der Waals surface area contributed by atoms with Gasteiger partial charge in [0.25, 0.3) is 17.7 Å². The van der Waals surface area contributed by atoms with Crippen LogP contribution in [0, 0.1) is 13.8 Å². The Hall–Kier alpha value is -4.30. The van der Waals surface area contributed by atoms with Crippen LogP contribution in [0.25, 0.3) is 0 Å². The van der Waals surface area contributed by atoms with Crippen LogP contribution in [0.2, 0.25) is 0 Å². The molecule has 0 bridgehead atoms. The first kappa shape index (κ1) is 24.8. The zero-order chi connectivity index (χ0) is 26.0. The molecule has 1 aliphatic rings. The molecule has 1 aliphatic heterocycles. The van der Waals surface area contributed by atoms with Crippen molar-refractivity contribution in [3.63, 3.8) is 0 Å². The molecule has 0 atom stereocenters. The van der Waals surface area contributed by atoms with Gasteiger partial charge in [-0.2, -0.15) is 0 Å². The maximum atomic E-state index is 13.1. The lowest BCUT2D eigenvalue weighted by molar-refractivity contribution is -0.120. The van der Waals surface area contributed by atoms with E-state index in [2.05, 4.69) is 10.6 Å². The van der Waals surface area contributed by atoms with Gasteiger partial charge in [0.05, 0.1) is 19.9 Å². The normalized spacial score (nSPS) is 13.2. The second-order valence-corrected chi connectivity index (χ2v) is 8.58. The number of aryl methyl sites for hydroxylation is 2. The van der Waals surface area contributed by atoms with Gasteiger partial charge in [-0.25, -0.2) is 4.90 Å². The third-order valence-corrected chi connectivity index (χ3v) is 5.90. The van der Waals surface area contributed by atoms with E-state index in [1.807, 2.05) is 32.0 Å². The molecule has 184 valence electrons. The maximum absolute atomic E-state index is 13.1. The summed E-state index contributed by atoms with van der Waals surface area (Å²) in [7, 11) is 2.93. The minimum atomic E-state index is -0.683. The number of carbonyl (C=O) groups is 3. The highest BCUT2D eigenvalue weighted by atomic mass is 35.5. The highest BCUT2D eigenvalue weighted by molar-refractivity contribution is 6.53. The summed E-state index contributed by atoms with van der Waals surface area (Å²) in [5, 5.41) is 5.52. The molecule has 8 nitrogen and oxygen atoms in total. The monoisotopic (exact) mass is 505 g/mol. The SMILES string of the molecule is COc1ccc(N2C(=O)C(Cl)=C(Nc3ccc(C(=O)Nc4cc(C)cc(C)c4)cc3)C2=O)c(OC)c1. The fraction of sp³-hybridized carbons (Fsp3) is 0.148. The first-order valence-corrected chi connectivity index (χ1v) is 11.4. The van der Waals surface area contributed by atoms with Gasteiger partial charge in [-0.3, -0.25) is 14.4 Å². The van der Waals surface area contributed by atoms with Crippen molar-refractivity contribution in [1.82, 2.24) is 0 Å². The van der Waals surface area contributed by atoms with E-state index in [0.29, 0.717) is 22.7 Å². The number of nitrogens with one attached hydrogen (secondary N) is 2. The Kier molecular flexibility index (Phi) is 6.98. The van der Waals surface area contributed by atoms with Crippen LogP contribution < -0.4 is 25.0 Å². The van der Waals surface area contributed by atoms with Crippen molar-refractivity contribution < 1.29 is 23.9 Å². The topological polar surface area (TPSA) is 97.0 Å². The summed E-state index contributed by atoms with van der Waals surface area (Å²) in [6, 6.07) is 17.0. The molecular weight excluding hydrogens is 482 g/mol. The minimum absolute atomic E-state index is 0.0769. The van der Waals surface area contributed by atoms with E-state index in [1.165, 1.54) is 14.2 Å². The smallest absolute Gasteiger partial charge is 0.283 e. The molecular formula is C27H24ClN3O5. The van der Waals surface area contributed by atoms with Crippen LogP contribution in [0.5, 0.6) is 11.5 Å². The average Bonchev–Trinajstić information content (AvgIpc) is 3.06. The molecule has 1 heterocycles. The lowest BCUT2D eigenvalue weighted by Gasteiger charge is -2.18.